The highest BCUT2D eigenvalue weighted by Gasteiger charge is 2.27. The Morgan fingerprint density at radius 1 is 1.09 bits per heavy atom. The number of halogens is 1. The van der Waals surface area contributed by atoms with Crippen LogP contribution in [0.15, 0.2) is 60.9 Å². The molecule has 7 heteroatoms. The minimum Gasteiger partial charge on any atom is -0.369 e. The van der Waals surface area contributed by atoms with Gasteiger partial charge in [0.05, 0.1) is 35.6 Å². The van der Waals surface area contributed by atoms with E-state index in [9.17, 15) is 0 Å². The largest absolute Gasteiger partial charge is 0.369 e. The van der Waals surface area contributed by atoms with Gasteiger partial charge >= 0.3 is 0 Å². The number of hydrogen-bond acceptors (Lipinski definition) is 5. The Bertz CT molecular complexity index is 1240. The molecule has 3 heterocycles. The molecule has 0 radical (unpaired) electrons. The lowest BCUT2D eigenvalue weighted by Crippen LogP contribution is -2.39. The van der Waals surface area contributed by atoms with Gasteiger partial charge in [-0.25, -0.2) is 4.98 Å². The normalized spacial score (nSPS) is 17.3. The first-order valence-electron chi connectivity index (χ1n) is 11.0. The third kappa shape index (κ3) is 4.13. The number of nitrogens with zero attached hydrogens (tertiary/aromatic N) is 5. The second-order valence-corrected chi connectivity index (χ2v) is 8.81. The maximum atomic E-state index is 6.22. The van der Waals surface area contributed by atoms with Crippen LogP contribution in [-0.2, 0) is 11.3 Å². The Balaban J connectivity index is 1.42. The lowest BCUT2D eigenvalue weighted by atomic mass is 10.1. The highest BCUT2D eigenvalue weighted by molar-refractivity contribution is 6.30. The number of fused-ring (bicyclic) bond motifs is 1. The number of morpholine rings is 1. The van der Waals surface area contributed by atoms with Gasteiger partial charge in [-0.15, -0.1) is 0 Å². The summed E-state index contributed by atoms with van der Waals surface area (Å²) >= 11 is 6.22. The van der Waals surface area contributed by atoms with Gasteiger partial charge in [0.1, 0.15) is 11.9 Å². The molecule has 0 aliphatic carbocycles. The van der Waals surface area contributed by atoms with Gasteiger partial charge in [0.15, 0.2) is 0 Å². The van der Waals surface area contributed by atoms with Gasteiger partial charge in [-0.05, 0) is 38.1 Å². The number of rotatable bonds is 5. The van der Waals surface area contributed by atoms with Crippen LogP contribution in [0, 0.1) is 0 Å². The van der Waals surface area contributed by atoms with Crippen LogP contribution in [0.25, 0.3) is 22.3 Å². The average molecular weight is 448 g/mol. The molecule has 2 aromatic carbocycles. The molecule has 0 unspecified atom stereocenters. The second-order valence-electron chi connectivity index (χ2n) is 8.38. The molecule has 0 saturated carbocycles. The summed E-state index contributed by atoms with van der Waals surface area (Å²) in [6.45, 7) is 7.39. The molecule has 1 aliphatic rings. The van der Waals surface area contributed by atoms with Crippen molar-refractivity contribution in [1.29, 1.82) is 0 Å². The van der Waals surface area contributed by atoms with Crippen LogP contribution in [-0.4, -0.2) is 44.1 Å². The van der Waals surface area contributed by atoms with Crippen LogP contribution in [0.4, 0.5) is 0 Å². The Labute approximate surface area is 192 Å². The second kappa shape index (κ2) is 8.98. The van der Waals surface area contributed by atoms with Gasteiger partial charge in [0.2, 0.25) is 0 Å². The van der Waals surface area contributed by atoms with Gasteiger partial charge in [0.25, 0.3) is 0 Å². The maximum Gasteiger partial charge on any atom is 0.124 e. The smallest absolute Gasteiger partial charge is 0.124 e. The summed E-state index contributed by atoms with van der Waals surface area (Å²) in [5.74, 6) is 1.08. The molecular weight excluding hydrogens is 422 g/mol. The summed E-state index contributed by atoms with van der Waals surface area (Å²) in [6.07, 6.45) is 3.28. The van der Waals surface area contributed by atoms with Crippen molar-refractivity contribution in [3.63, 3.8) is 0 Å². The SMILES string of the molecule is CC(C)n1c(CN2CCO[C@@H](c3nccnc3-c3cccc(Cl)c3)C2)nc2ccccc21. The van der Waals surface area contributed by atoms with E-state index in [1.54, 1.807) is 12.4 Å². The Morgan fingerprint density at radius 3 is 2.78 bits per heavy atom. The van der Waals surface area contributed by atoms with Crippen molar-refractivity contribution in [3.05, 3.63) is 77.5 Å². The molecule has 1 aliphatic heterocycles. The fraction of sp³-hybridized carbons (Fsp3) is 0.320. The number of ether oxygens (including phenoxy) is 1. The zero-order valence-corrected chi connectivity index (χ0v) is 19.0. The minimum absolute atomic E-state index is 0.164. The van der Waals surface area contributed by atoms with Gasteiger partial charge in [0, 0.05) is 42.1 Å². The van der Waals surface area contributed by atoms with Crippen LogP contribution in [0.1, 0.15) is 37.5 Å². The number of para-hydroxylation sites is 2. The molecule has 0 bridgehead atoms. The van der Waals surface area contributed by atoms with Crippen molar-refractivity contribution in [2.24, 2.45) is 0 Å². The van der Waals surface area contributed by atoms with E-state index >= 15 is 0 Å². The Morgan fingerprint density at radius 2 is 1.94 bits per heavy atom. The first-order chi connectivity index (χ1) is 15.6. The molecule has 1 fully saturated rings. The van der Waals surface area contributed by atoms with E-state index in [4.69, 9.17) is 21.3 Å². The lowest BCUT2D eigenvalue weighted by Gasteiger charge is -2.33. The fourth-order valence-corrected chi connectivity index (χ4v) is 4.63. The molecular formula is C25H26ClN5O. The predicted molar refractivity (Wildman–Crippen MR) is 127 cm³/mol. The first-order valence-corrected chi connectivity index (χ1v) is 11.3. The standard InChI is InChI=1S/C25H26ClN5O/c1-17(2)31-21-9-4-3-8-20(21)29-23(31)16-30-12-13-32-22(15-30)25-24(27-10-11-28-25)18-6-5-7-19(26)14-18/h3-11,14,17,22H,12-13,15-16H2,1-2H3/t22-/m1/s1. The van der Waals surface area contributed by atoms with E-state index in [1.165, 1.54) is 5.52 Å². The third-order valence-corrected chi connectivity index (χ3v) is 6.07. The van der Waals surface area contributed by atoms with Gasteiger partial charge in [-0.1, -0.05) is 35.9 Å². The average Bonchev–Trinajstić information content (AvgIpc) is 3.17. The van der Waals surface area contributed by atoms with E-state index in [1.807, 2.05) is 30.3 Å². The maximum absolute atomic E-state index is 6.22. The van der Waals surface area contributed by atoms with Crippen molar-refractivity contribution in [2.45, 2.75) is 32.5 Å². The van der Waals surface area contributed by atoms with Crippen molar-refractivity contribution in [3.8, 4) is 11.3 Å². The molecule has 4 aromatic rings. The Hall–Kier alpha value is -2.80. The summed E-state index contributed by atoms with van der Waals surface area (Å²) in [4.78, 5) is 16.6. The highest BCUT2D eigenvalue weighted by Crippen LogP contribution is 2.31. The molecule has 1 saturated heterocycles. The first kappa shape index (κ1) is 21.1. The highest BCUT2D eigenvalue weighted by atomic mass is 35.5. The summed E-state index contributed by atoms with van der Waals surface area (Å²) in [5.41, 5.74) is 4.83. The van der Waals surface area contributed by atoms with Crippen molar-refractivity contribution in [2.75, 3.05) is 19.7 Å². The summed E-state index contributed by atoms with van der Waals surface area (Å²) in [6, 6.07) is 16.4. The van der Waals surface area contributed by atoms with Crippen LogP contribution >= 0.6 is 11.6 Å². The summed E-state index contributed by atoms with van der Waals surface area (Å²) in [5, 5.41) is 0.679. The van der Waals surface area contributed by atoms with E-state index < -0.39 is 0 Å². The van der Waals surface area contributed by atoms with Crippen LogP contribution < -0.4 is 0 Å². The van der Waals surface area contributed by atoms with E-state index in [2.05, 4.69) is 51.5 Å². The molecule has 2 aromatic heterocycles. The predicted octanol–water partition coefficient (Wildman–Crippen LogP) is 5.30. The van der Waals surface area contributed by atoms with Crippen molar-refractivity contribution >= 4 is 22.6 Å². The number of aromatic nitrogens is 4. The molecule has 164 valence electrons. The quantitative estimate of drug-likeness (QED) is 0.415. The fourth-order valence-electron chi connectivity index (χ4n) is 4.44. The van der Waals surface area contributed by atoms with Crippen LogP contribution in [0.3, 0.4) is 0 Å². The summed E-state index contributed by atoms with van der Waals surface area (Å²) < 4.78 is 8.49. The van der Waals surface area contributed by atoms with Crippen LogP contribution in [0.2, 0.25) is 5.02 Å². The molecule has 6 nitrogen and oxygen atoms in total. The molecule has 0 amide bonds. The topological polar surface area (TPSA) is 56.1 Å². The van der Waals surface area contributed by atoms with E-state index in [0.29, 0.717) is 17.7 Å². The van der Waals surface area contributed by atoms with E-state index in [0.717, 1.165) is 47.9 Å². The van der Waals surface area contributed by atoms with Gasteiger partial charge < -0.3 is 9.30 Å². The van der Waals surface area contributed by atoms with Crippen molar-refractivity contribution in [1.82, 2.24) is 24.4 Å². The van der Waals surface area contributed by atoms with Crippen molar-refractivity contribution < 1.29 is 4.74 Å². The third-order valence-electron chi connectivity index (χ3n) is 5.83. The molecule has 32 heavy (non-hydrogen) atoms. The summed E-state index contributed by atoms with van der Waals surface area (Å²) in [7, 11) is 0. The van der Waals surface area contributed by atoms with Crippen LogP contribution in [0.5, 0.6) is 0 Å². The number of imidazole rings is 1. The monoisotopic (exact) mass is 447 g/mol. The molecule has 0 spiro atoms. The zero-order valence-electron chi connectivity index (χ0n) is 18.3. The molecule has 5 rings (SSSR count). The molecule has 0 N–H and O–H groups in total. The molecule has 1 atom stereocenters. The number of benzene rings is 2. The zero-order chi connectivity index (χ0) is 22.1. The number of hydrogen-bond donors (Lipinski definition) is 0. The van der Waals surface area contributed by atoms with Gasteiger partial charge in [-0.3, -0.25) is 14.9 Å². The lowest BCUT2D eigenvalue weighted by molar-refractivity contribution is -0.0358. The van der Waals surface area contributed by atoms with Gasteiger partial charge in [-0.2, -0.15) is 0 Å². The minimum atomic E-state index is -0.164. The van der Waals surface area contributed by atoms with E-state index in [-0.39, 0.29) is 6.10 Å². The Kier molecular flexibility index (Phi) is 5.91.